The van der Waals surface area contributed by atoms with E-state index in [9.17, 15) is 23.9 Å². The van der Waals surface area contributed by atoms with Gasteiger partial charge in [-0.2, -0.15) is 0 Å². The molecule has 2 aliphatic rings. The van der Waals surface area contributed by atoms with Gasteiger partial charge < -0.3 is 29.5 Å². The largest absolute Gasteiger partial charge is 0.387 e. The maximum Gasteiger partial charge on any atom is 0.263 e. The number of halogens is 1. The van der Waals surface area contributed by atoms with Crippen molar-refractivity contribution in [1.82, 2.24) is 9.47 Å². The highest BCUT2D eigenvalue weighted by atomic mass is 19.1. The lowest BCUT2D eigenvalue weighted by Gasteiger charge is -2.31. The summed E-state index contributed by atoms with van der Waals surface area (Å²) >= 11 is 0. The molecule has 0 aliphatic carbocycles. The van der Waals surface area contributed by atoms with Crippen molar-refractivity contribution in [2.45, 2.75) is 52.1 Å². The average Bonchev–Trinajstić information content (AvgIpc) is 3.12. The standard InChI is InChI=1S/C26H33FN4O5/c1-16(2)31-7-5-6-18(25(31)34)23(32)28-20-12-17-14-30(15-22(27)26(3,4)35)24(33)19(17)13-21(20)29-8-10-36-11-9-29/h5-7,12-13,16,22,35H,8-11,14-15H2,1-4H3,(H,28,32). The summed E-state index contributed by atoms with van der Waals surface area (Å²) in [4.78, 5) is 42.5. The number of nitrogens with one attached hydrogen (secondary N) is 1. The number of fused-ring (bicyclic) bond motifs is 1. The molecule has 0 spiro atoms. The average molecular weight is 501 g/mol. The normalized spacial score (nSPS) is 16.9. The molecule has 1 aromatic carbocycles. The van der Waals surface area contributed by atoms with Gasteiger partial charge in [0.05, 0.1) is 36.7 Å². The smallest absolute Gasteiger partial charge is 0.263 e. The fraction of sp³-hybridized carbons (Fsp3) is 0.500. The highest BCUT2D eigenvalue weighted by Gasteiger charge is 2.35. The maximum atomic E-state index is 14.5. The zero-order valence-corrected chi connectivity index (χ0v) is 21.1. The number of hydrogen-bond donors (Lipinski definition) is 2. The third-order valence-corrected chi connectivity index (χ3v) is 6.62. The maximum absolute atomic E-state index is 14.5. The lowest BCUT2D eigenvalue weighted by atomic mass is 10.0. The van der Waals surface area contributed by atoms with Gasteiger partial charge >= 0.3 is 0 Å². The van der Waals surface area contributed by atoms with Crippen LogP contribution in [-0.2, 0) is 11.3 Å². The van der Waals surface area contributed by atoms with Gasteiger partial charge in [0.2, 0.25) is 0 Å². The molecular formula is C26H33FN4O5. The molecule has 2 N–H and O–H groups in total. The zero-order chi connectivity index (χ0) is 26.2. The van der Waals surface area contributed by atoms with E-state index in [0.717, 1.165) is 0 Å². The predicted molar refractivity (Wildman–Crippen MR) is 134 cm³/mol. The molecule has 36 heavy (non-hydrogen) atoms. The molecule has 1 unspecified atom stereocenters. The van der Waals surface area contributed by atoms with Crippen LogP contribution >= 0.6 is 0 Å². The Morgan fingerprint density at radius 1 is 1.22 bits per heavy atom. The topological polar surface area (TPSA) is 104 Å². The Morgan fingerprint density at radius 2 is 1.92 bits per heavy atom. The summed E-state index contributed by atoms with van der Waals surface area (Å²) in [7, 11) is 0. The van der Waals surface area contributed by atoms with Crippen LogP contribution in [0.15, 0.2) is 35.3 Å². The Hall–Kier alpha value is -3.24. The summed E-state index contributed by atoms with van der Waals surface area (Å²) in [5.74, 6) is -0.872. The van der Waals surface area contributed by atoms with Crippen molar-refractivity contribution in [2.24, 2.45) is 0 Å². The highest BCUT2D eigenvalue weighted by molar-refractivity contribution is 6.07. The predicted octanol–water partition coefficient (Wildman–Crippen LogP) is 2.58. The molecule has 0 bridgehead atoms. The number of hydrogen-bond acceptors (Lipinski definition) is 6. The number of aliphatic hydroxyl groups is 1. The van der Waals surface area contributed by atoms with E-state index in [1.54, 1.807) is 24.4 Å². The van der Waals surface area contributed by atoms with Crippen LogP contribution in [0, 0.1) is 0 Å². The van der Waals surface area contributed by atoms with Gasteiger partial charge in [-0.05, 0) is 57.5 Å². The van der Waals surface area contributed by atoms with Crippen molar-refractivity contribution >= 4 is 23.2 Å². The van der Waals surface area contributed by atoms with E-state index in [2.05, 4.69) is 5.32 Å². The summed E-state index contributed by atoms with van der Waals surface area (Å²) in [5.41, 5.74) is 0.228. The van der Waals surface area contributed by atoms with Gasteiger partial charge in [0.1, 0.15) is 11.7 Å². The van der Waals surface area contributed by atoms with Crippen molar-refractivity contribution in [1.29, 1.82) is 0 Å². The number of aromatic nitrogens is 1. The van der Waals surface area contributed by atoms with E-state index in [0.29, 0.717) is 48.8 Å². The highest BCUT2D eigenvalue weighted by Crippen LogP contribution is 2.35. The number of carbonyl (C=O) groups is 2. The van der Waals surface area contributed by atoms with Crippen LogP contribution in [0.1, 0.15) is 60.0 Å². The third-order valence-electron chi connectivity index (χ3n) is 6.62. The van der Waals surface area contributed by atoms with Crippen LogP contribution in [0.2, 0.25) is 0 Å². The summed E-state index contributed by atoms with van der Waals surface area (Å²) in [6.07, 6.45) is 0.0273. The van der Waals surface area contributed by atoms with Gasteiger partial charge in [-0.1, -0.05) is 0 Å². The van der Waals surface area contributed by atoms with E-state index < -0.39 is 17.7 Å². The van der Waals surface area contributed by atoms with E-state index in [4.69, 9.17) is 4.74 Å². The summed E-state index contributed by atoms with van der Waals surface area (Å²) in [6, 6.07) is 6.48. The number of morpholine rings is 1. The van der Waals surface area contributed by atoms with Gasteiger partial charge in [0.25, 0.3) is 17.4 Å². The van der Waals surface area contributed by atoms with Gasteiger partial charge in [0.15, 0.2) is 0 Å². The molecular weight excluding hydrogens is 467 g/mol. The van der Waals surface area contributed by atoms with Crippen LogP contribution < -0.4 is 15.8 Å². The summed E-state index contributed by atoms with van der Waals surface area (Å²) in [5, 5.41) is 12.9. The monoisotopic (exact) mass is 500 g/mol. The van der Waals surface area contributed by atoms with Crippen molar-refractivity contribution in [2.75, 3.05) is 43.1 Å². The number of nitrogens with zero attached hydrogens (tertiary/aromatic N) is 3. The molecule has 1 fully saturated rings. The molecule has 10 heteroatoms. The Morgan fingerprint density at radius 3 is 2.56 bits per heavy atom. The number of anilines is 2. The van der Waals surface area contributed by atoms with Crippen LogP contribution in [0.4, 0.5) is 15.8 Å². The fourth-order valence-corrected chi connectivity index (χ4v) is 4.42. The summed E-state index contributed by atoms with van der Waals surface area (Å²) < 4.78 is 21.5. The lowest BCUT2D eigenvalue weighted by molar-refractivity contribution is -0.0159. The van der Waals surface area contributed by atoms with Gasteiger partial charge in [-0.25, -0.2) is 4.39 Å². The molecule has 2 amide bonds. The molecule has 1 aromatic heterocycles. The lowest BCUT2D eigenvalue weighted by Crippen LogP contribution is -2.42. The number of ether oxygens (including phenoxy) is 1. The summed E-state index contributed by atoms with van der Waals surface area (Å²) in [6.45, 7) is 8.50. The van der Waals surface area contributed by atoms with Crippen LogP contribution in [0.3, 0.4) is 0 Å². The van der Waals surface area contributed by atoms with Gasteiger partial charge in [0, 0.05) is 37.4 Å². The van der Waals surface area contributed by atoms with Crippen molar-refractivity contribution in [3.05, 3.63) is 57.5 Å². The second-order valence-corrected chi connectivity index (χ2v) is 10.1. The van der Waals surface area contributed by atoms with E-state index in [-0.39, 0.29) is 36.2 Å². The first-order chi connectivity index (χ1) is 17.0. The molecule has 1 atom stereocenters. The van der Waals surface area contributed by atoms with Gasteiger partial charge in [-0.3, -0.25) is 14.4 Å². The molecule has 9 nitrogen and oxygen atoms in total. The molecule has 2 aliphatic heterocycles. The molecule has 4 rings (SSSR count). The number of pyridine rings is 1. The van der Waals surface area contributed by atoms with Crippen molar-refractivity contribution in [3.63, 3.8) is 0 Å². The first kappa shape index (κ1) is 25.8. The van der Waals surface area contributed by atoms with E-state index >= 15 is 0 Å². The second-order valence-electron chi connectivity index (χ2n) is 10.1. The number of benzene rings is 1. The third kappa shape index (κ3) is 5.15. The van der Waals surface area contributed by atoms with Crippen LogP contribution in [-0.4, -0.2) is 71.0 Å². The van der Waals surface area contributed by atoms with Crippen molar-refractivity contribution in [3.8, 4) is 0 Å². The van der Waals surface area contributed by atoms with Crippen LogP contribution in [0.25, 0.3) is 0 Å². The molecule has 2 aromatic rings. The first-order valence-corrected chi connectivity index (χ1v) is 12.1. The van der Waals surface area contributed by atoms with Crippen molar-refractivity contribution < 1.29 is 23.8 Å². The quantitative estimate of drug-likeness (QED) is 0.606. The van der Waals surface area contributed by atoms with Crippen LogP contribution in [0.5, 0.6) is 0 Å². The molecule has 194 valence electrons. The minimum Gasteiger partial charge on any atom is -0.387 e. The molecule has 0 radical (unpaired) electrons. The fourth-order valence-electron chi connectivity index (χ4n) is 4.42. The number of carbonyl (C=O) groups excluding carboxylic acids is 2. The first-order valence-electron chi connectivity index (χ1n) is 12.1. The minimum atomic E-state index is -1.62. The SMILES string of the molecule is CC(C)n1cccc(C(=O)Nc2cc3c(cc2N2CCOCC2)C(=O)N(CC(F)C(C)(C)O)C3)c1=O. The van der Waals surface area contributed by atoms with E-state index in [1.807, 2.05) is 18.7 Å². The molecule has 3 heterocycles. The number of rotatable bonds is 7. The molecule has 1 saturated heterocycles. The van der Waals surface area contributed by atoms with Gasteiger partial charge in [-0.15, -0.1) is 0 Å². The molecule has 0 saturated carbocycles. The second kappa shape index (κ2) is 10.0. The Kier molecular flexibility index (Phi) is 7.19. The number of amides is 2. The van der Waals surface area contributed by atoms with E-state index in [1.165, 1.54) is 29.4 Å². The Labute approximate surface area is 209 Å². The Balaban J connectivity index is 1.68. The Bertz CT molecular complexity index is 1210. The minimum absolute atomic E-state index is 0.0165. The number of alkyl halides is 1. The zero-order valence-electron chi connectivity index (χ0n) is 21.1.